The summed E-state index contributed by atoms with van der Waals surface area (Å²) in [6.07, 6.45) is 0. The second-order valence-electron chi connectivity index (χ2n) is 10.1. The van der Waals surface area contributed by atoms with Crippen molar-refractivity contribution in [2.24, 2.45) is 0 Å². The van der Waals surface area contributed by atoms with Crippen LogP contribution in [0.3, 0.4) is 0 Å². The van der Waals surface area contributed by atoms with Crippen molar-refractivity contribution >= 4 is 84.8 Å². The molecule has 0 atom stereocenters. The van der Waals surface area contributed by atoms with Gasteiger partial charge in [0.15, 0.2) is 0 Å². The Kier molecular flexibility index (Phi) is 4.43. The fourth-order valence-electron chi connectivity index (χ4n) is 6.29. The van der Waals surface area contributed by atoms with Gasteiger partial charge >= 0.3 is 0 Å². The van der Waals surface area contributed by atoms with E-state index in [9.17, 15) is 0 Å². The van der Waals surface area contributed by atoms with Crippen LogP contribution in [-0.2, 0) is 0 Å². The number of hydrogen-bond donors (Lipinski definition) is 0. The average molecular weight is 532 g/mol. The maximum absolute atomic E-state index is 2.46. The summed E-state index contributed by atoms with van der Waals surface area (Å²) >= 11 is 3.79. The Morgan fingerprint density at radius 3 is 1.97 bits per heavy atom. The van der Waals surface area contributed by atoms with Crippen LogP contribution in [0.2, 0.25) is 0 Å². The van der Waals surface area contributed by atoms with Crippen molar-refractivity contribution in [2.45, 2.75) is 0 Å². The van der Waals surface area contributed by atoms with E-state index in [0.29, 0.717) is 0 Å². The molecule has 0 radical (unpaired) electrons. The lowest BCUT2D eigenvalue weighted by atomic mass is 9.97. The molecule has 0 spiro atoms. The Labute approximate surface area is 232 Å². The maximum Gasteiger partial charge on any atom is 0.0634 e. The van der Waals surface area contributed by atoms with E-state index in [1.54, 1.807) is 0 Å². The van der Waals surface area contributed by atoms with Crippen molar-refractivity contribution in [3.8, 4) is 16.8 Å². The van der Waals surface area contributed by atoms with E-state index in [4.69, 9.17) is 0 Å². The predicted molar refractivity (Wildman–Crippen MR) is 172 cm³/mol. The van der Waals surface area contributed by atoms with Crippen LogP contribution in [-0.4, -0.2) is 4.57 Å². The second-order valence-corrected chi connectivity index (χ2v) is 12.3. The topological polar surface area (TPSA) is 4.93 Å². The second kappa shape index (κ2) is 8.03. The summed E-state index contributed by atoms with van der Waals surface area (Å²) in [7, 11) is 0. The lowest BCUT2D eigenvalue weighted by Crippen LogP contribution is -1.93. The Hall–Kier alpha value is -4.44. The van der Waals surface area contributed by atoms with Gasteiger partial charge < -0.3 is 4.57 Å². The minimum atomic E-state index is 1.19. The molecular formula is C36H21NS2. The lowest BCUT2D eigenvalue weighted by molar-refractivity contribution is 1.19. The van der Waals surface area contributed by atoms with Crippen molar-refractivity contribution in [1.82, 2.24) is 4.57 Å². The molecule has 0 bridgehead atoms. The normalized spacial score (nSPS) is 12.1. The van der Waals surface area contributed by atoms with Gasteiger partial charge in [-0.2, -0.15) is 0 Å². The minimum Gasteiger partial charge on any atom is -0.309 e. The summed E-state index contributed by atoms with van der Waals surface area (Å²) in [5.41, 5.74) is 6.32. The number of thiophene rings is 2. The smallest absolute Gasteiger partial charge is 0.0634 e. The zero-order valence-corrected chi connectivity index (χ0v) is 22.5. The highest BCUT2D eigenvalue weighted by atomic mass is 32.1. The first kappa shape index (κ1) is 21.5. The van der Waals surface area contributed by atoms with E-state index in [-0.39, 0.29) is 0 Å². The molecule has 3 heteroatoms. The van der Waals surface area contributed by atoms with E-state index in [0.717, 1.165) is 0 Å². The van der Waals surface area contributed by atoms with Crippen LogP contribution in [0.5, 0.6) is 0 Å². The summed E-state index contributed by atoms with van der Waals surface area (Å²) in [4.78, 5) is 0. The molecule has 1 nitrogen and oxygen atoms in total. The van der Waals surface area contributed by atoms with Gasteiger partial charge in [0.25, 0.3) is 0 Å². The van der Waals surface area contributed by atoms with E-state index >= 15 is 0 Å². The number of hydrogen-bond acceptors (Lipinski definition) is 2. The molecular weight excluding hydrogens is 511 g/mol. The molecule has 0 saturated carbocycles. The molecule has 9 aromatic rings. The number of para-hydroxylation sites is 2. The third-order valence-corrected chi connectivity index (χ3v) is 10.3. The van der Waals surface area contributed by atoms with Crippen LogP contribution in [0.4, 0.5) is 0 Å². The van der Waals surface area contributed by atoms with Gasteiger partial charge in [-0.05, 0) is 54.1 Å². The van der Waals surface area contributed by atoms with Crippen molar-refractivity contribution in [1.29, 1.82) is 0 Å². The summed E-state index contributed by atoms with van der Waals surface area (Å²) in [5, 5.41) is 7.94. The molecule has 3 heterocycles. The van der Waals surface area contributed by atoms with E-state index in [1.807, 2.05) is 22.7 Å². The highest BCUT2D eigenvalue weighted by Crippen LogP contribution is 2.48. The molecule has 0 unspecified atom stereocenters. The van der Waals surface area contributed by atoms with Gasteiger partial charge in [0.05, 0.1) is 11.0 Å². The summed E-state index contributed by atoms with van der Waals surface area (Å²) < 4.78 is 7.83. The molecule has 0 aliphatic carbocycles. The Morgan fingerprint density at radius 2 is 1.13 bits per heavy atom. The highest BCUT2D eigenvalue weighted by Gasteiger charge is 2.21. The summed E-state index contributed by atoms with van der Waals surface area (Å²) in [6, 6.07) is 46.8. The van der Waals surface area contributed by atoms with E-state index < -0.39 is 0 Å². The van der Waals surface area contributed by atoms with Crippen molar-refractivity contribution in [3.63, 3.8) is 0 Å². The van der Waals surface area contributed by atoms with E-state index in [1.165, 1.54) is 79.0 Å². The van der Waals surface area contributed by atoms with Gasteiger partial charge in [-0.15, -0.1) is 22.7 Å². The van der Waals surface area contributed by atoms with Crippen molar-refractivity contribution in [2.75, 3.05) is 0 Å². The summed E-state index contributed by atoms with van der Waals surface area (Å²) in [6.45, 7) is 0. The number of aromatic nitrogens is 1. The van der Waals surface area contributed by atoms with Crippen molar-refractivity contribution in [3.05, 3.63) is 127 Å². The molecule has 0 fully saturated rings. The lowest BCUT2D eigenvalue weighted by Gasteiger charge is -2.11. The monoisotopic (exact) mass is 531 g/mol. The van der Waals surface area contributed by atoms with Gasteiger partial charge in [0.1, 0.15) is 0 Å². The van der Waals surface area contributed by atoms with Gasteiger partial charge in [-0.1, -0.05) is 78.9 Å². The quantitative estimate of drug-likeness (QED) is 0.209. The first-order valence-corrected chi connectivity index (χ1v) is 14.8. The molecule has 3 aromatic heterocycles. The maximum atomic E-state index is 2.46. The molecule has 9 rings (SSSR count). The summed E-state index contributed by atoms with van der Waals surface area (Å²) in [5.74, 6) is 0. The van der Waals surface area contributed by atoms with Gasteiger partial charge in [-0.25, -0.2) is 0 Å². The van der Waals surface area contributed by atoms with E-state index in [2.05, 4.69) is 132 Å². The Balaban J connectivity index is 1.49. The minimum absolute atomic E-state index is 1.19. The molecule has 0 amide bonds. The standard InChI is InChI=1S/C36H21NS2/c1-2-10-23(11-3-1)37-30-15-7-4-12-24(30)29-21-27(36-34(35(29)37)26-14-6-9-17-32(26)39-36)22-18-19-33-28(20-22)25-13-5-8-16-31(25)38-33/h1-21H. The van der Waals surface area contributed by atoms with Crippen LogP contribution in [0.15, 0.2) is 127 Å². The molecule has 39 heavy (non-hydrogen) atoms. The highest BCUT2D eigenvalue weighted by molar-refractivity contribution is 7.26. The third-order valence-electron chi connectivity index (χ3n) is 7.98. The van der Waals surface area contributed by atoms with Gasteiger partial charge in [0.2, 0.25) is 0 Å². The Bertz CT molecular complexity index is 2390. The Morgan fingerprint density at radius 1 is 0.462 bits per heavy atom. The van der Waals surface area contributed by atoms with Crippen molar-refractivity contribution < 1.29 is 0 Å². The first-order chi connectivity index (χ1) is 19.3. The zero-order chi connectivity index (χ0) is 25.5. The molecule has 0 aliphatic rings. The average Bonchev–Trinajstić information content (AvgIpc) is 3.66. The van der Waals surface area contributed by atoms with Crippen LogP contribution < -0.4 is 0 Å². The van der Waals surface area contributed by atoms with Crippen LogP contribution in [0, 0.1) is 0 Å². The molecule has 0 N–H and O–H groups in total. The number of rotatable bonds is 2. The van der Waals surface area contributed by atoms with Crippen LogP contribution in [0.1, 0.15) is 0 Å². The molecule has 6 aromatic carbocycles. The zero-order valence-electron chi connectivity index (χ0n) is 20.9. The number of nitrogens with zero attached hydrogens (tertiary/aromatic N) is 1. The predicted octanol–water partition coefficient (Wildman–Crippen LogP) is 11.2. The number of fused-ring (bicyclic) bond motifs is 10. The number of benzene rings is 6. The van der Waals surface area contributed by atoms with Gasteiger partial charge in [0, 0.05) is 62.4 Å². The third kappa shape index (κ3) is 3.00. The largest absolute Gasteiger partial charge is 0.309 e. The van der Waals surface area contributed by atoms with Crippen LogP contribution >= 0.6 is 22.7 Å². The molecule has 182 valence electrons. The van der Waals surface area contributed by atoms with Crippen LogP contribution in [0.25, 0.3) is 79.0 Å². The molecule has 0 aliphatic heterocycles. The first-order valence-electron chi connectivity index (χ1n) is 13.2. The fourth-order valence-corrected chi connectivity index (χ4v) is 8.62. The van der Waals surface area contributed by atoms with Gasteiger partial charge in [-0.3, -0.25) is 0 Å². The SMILES string of the molecule is c1ccc(-n2c3ccccc3c3cc(-c4ccc5sc6ccccc6c5c4)c4sc5ccccc5c4c32)cc1. The molecule has 0 saturated heterocycles. The fraction of sp³-hybridized carbons (Fsp3) is 0.